The summed E-state index contributed by atoms with van der Waals surface area (Å²) in [6, 6.07) is 0.0744. The maximum Gasteiger partial charge on any atom is 0.222 e. The lowest BCUT2D eigenvalue weighted by Gasteiger charge is -2.32. The Morgan fingerprint density at radius 1 is 1.37 bits per heavy atom. The van der Waals surface area contributed by atoms with Crippen molar-refractivity contribution in [1.29, 1.82) is 0 Å². The third-order valence-corrected chi connectivity index (χ3v) is 5.91. The Labute approximate surface area is 114 Å². The summed E-state index contributed by atoms with van der Waals surface area (Å²) in [5.41, 5.74) is 0.489. The van der Waals surface area contributed by atoms with Gasteiger partial charge in [-0.2, -0.15) is 0 Å². The van der Waals surface area contributed by atoms with Gasteiger partial charge in [0, 0.05) is 31.7 Å². The molecule has 0 aliphatic carbocycles. The van der Waals surface area contributed by atoms with Crippen molar-refractivity contribution in [3.63, 3.8) is 0 Å². The smallest absolute Gasteiger partial charge is 0.222 e. The van der Waals surface area contributed by atoms with Crippen LogP contribution in [-0.4, -0.2) is 48.9 Å². The van der Waals surface area contributed by atoms with Gasteiger partial charge in [-0.1, -0.05) is 0 Å². The Balaban J connectivity index is 2.17. The lowest BCUT2D eigenvalue weighted by molar-refractivity contribution is 0.294. The molecular formula is C12H20N4O2S. The molecule has 0 aromatic carbocycles. The average Bonchev–Trinajstić information content (AvgIpc) is 2.47. The van der Waals surface area contributed by atoms with Gasteiger partial charge in [0.25, 0.3) is 0 Å². The number of hydrogen-bond donors (Lipinski definition) is 1. The van der Waals surface area contributed by atoms with E-state index in [1.165, 1.54) is 16.7 Å². The zero-order valence-electron chi connectivity index (χ0n) is 11.3. The van der Waals surface area contributed by atoms with E-state index in [4.69, 9.17) is 0 Å². The van der Waals surface area contributed by atoms with Crippen LogP contribution < -0.4 is 5.32 Å². The molecule has 1 aliphatic heterocycles. The predicted octanol–water partition coefficient (Wildman–Crippen LogP) is 0.551. The number of nitrogens with zero attached hydrogens (tertiary/aromatic N) is 3. The molecule has 0 saturated carbocycles. The molecule has 0 amide bonds. The second kappa shape index (κ2) is 5.94. The van der Waals surface area contributed by atoms with E-state index < -0.39 is 15.3 Å². The number of rotatable bonds is 4. The van der Waals surface area contributed by atoms with E-state index in [-0.39, 0.29) is 6.04 Å². The van der Waals surface area contributed by atoms with Gasteiger partial charge in [0.2, 0.25) is 10.0 Å². The third kappa shape index (κ3) is 3.10. The van der Waals surface area contributed by atoms with Crippen molar-refractivity contribution in [1.82, 2.24) is 19.6 Å². The number of nitrogens with one attached hydrogen (secondary N) is 1. The molecule has 7 heteroatoms. The molecule has 0 radical (unpaired) electrons. The minimum atomic E-state index is -3.39. The molecule has 19 heavy (non-hydrogen) atoms. The summed E-state index contributed by atoms with van der Waals surface area (Å²) in [5, 5.41) is 2.57. The summed E-state index contributed by atoms with van der Waals surface area (Å²) >= 11 is 0. The summed E-state index contributed by atoms with van der Waals surface area (Å²) in [5.74, 6) is 0. The van der Waals surface area contributed by atoms with E-state index in [2.05, 4.69) is 15.3 Å². The lowest BCUT2D eigenvalue weighted by Crippen LogP contribution is -2.45. The van der Waals surface area contributed by atoms with Gasteiger partial charge in [-0.05, 0) is 32.9 Å². The Morgan fingerprint density at radius 3 is 2.63 bits per heavy atom. The molecular weight excluding hydrogens is 264 g/mol. The first-order valence-corrected chi connectivity index (χ1v) is 7.97. The summed E-state index contributed by atoms with van der Waals surface area (Å²) in [7, 11) is -1.72. The van der Waals surface area contributed by atoms with Crippen molar-refractivity contribution in [3.8, 4) is 0 Å². The number of aromatic nitrogens is 2. The molecule has 1 atom stereocenters. The fourth-order valence-electron chi connectivity index (χ4n) is 2.30. The van der Waals surface area contributed by atoms with Gasteiger partial charge < -0.3 is 5.32 Å². The van der Waals surface area contributed by atoms with Crippen molar-refractivity contribution in [2.24, 2.45) is 0 Å². The van der Waals surface area contributed by atoms with Crippen LogP contribution >= 0.6 is 0 Å². The number of piperidine rings is 1. The van der Waals surface area contributed by atoms with Crippen molar-refractivity contribution in [3.05, 3.63) is 24.3 Å². The molecule has 106 valence electrons. The van der Waals surface area contributed by atoms with Crippen LogP contribution in [0.5, 0.6) is 0 Å². The van der Waals surface area contributed by atoms with Crippen LogP contribution in [-0.2, 0) is 10.0 Å². The van der Waals surface area contributed by atoms with Crippen molar-refractivity contribution in [2.75, 3.05) is 20.1 Å². The van der Waals surface area contributed by atoms with E-state index in [0.29, 0.717) is 5.69 Å². The molecule has 1 aliphatic rings. The van der Waals surface area contributed by atoms with Gasteiger partial charge in [-0.15, -0.1) is 0 Å². The van der Waals surface area contributed by atoms with Gasteiger partial charge in [0.15, 0.2) is 0 Å². The van der Waals surface area contributed by atoms with Crippen LogP contribution in [0.25, 0.3) is 0 Å². The highest BCUT2D eigenvalue weighted by atomic mass is 32.2. The largest absolute Gasteiger partial charge is 0.317 e. The van der Waals surface area contributed by atoms with Gasteiger partial charge in [-0.25, -0.2) is 12.7 Å². The molecule has 2 rings (SSSR count). The highest BCUT2D eigenvalue weighted by molar-refractivity contribution is 7.89. The molecule has 1 N–H and O–H groups in total. The molecule has 1 aromatic heterocycles. The van der Waals surface area contributed by atoms with E-state index in [1.54, 1.807) is 20.2 Å². The summed E-state index contributed by atoms with van der Waals surface area (Å²) < 4.78 is 26.6. The highest BCUT2D eigenvalue weighted by Crippen LogP contribution is 2.25. The summed E-state index contributed by atoms with van der Waals surface area (Å²) in [6.07, 6.45) is 6.27. The maximum absolute atomic E-state index is 12.6. The summed E-state index contributed by atoms with van der Waals surface area (Å²) in [6.45, 7) is 3.39. The fraction of sp³-hybridized carbons (Fsp3) is 0.667. The van der Waals surface area contributed by atoms with Crippen LogP contribution in [0.4, 0.5) is 0 Å². The molecule has 1 unspecified atom stereocenters. The fourth-order valence-corrected chi connectivity index (χ4v) is 3.85. The number of hydrogen-bond acceptors (Lipinski definition) is 5. The first kappa shape index (κ1) is 14.4. The van der Waals surface area contributed by atoms with E-state index in [9.17, 15) is 8.42 Å². The van der Waals surface area contributed by atoms with Crippen LogP contribution in [0, 0.1) is 0 Å². The molecule has 1 saturated heterocycles. The quantitative estimate of drug-likeness (QED) is 0.874. The third-order valence-electron chi connectivity index (χ3n) is 3.67. The van der Waals surface area contributed by atoms with Gasteiger partial charge in [0.05, 0.1) is 5.69 Å². The topological polar surface area (TPSA) is 75.2 Å². The molecule has 0 bridgehead atoms. The summed E-state index contributed by atoms with van der Waals surface area (Å²) in [4.78, 5) is 8.03. The predicted molar refractivity (Wildman–Crippen MR) is 73.0 cm³/mol. The molecule has 2 heterocycles. The maximum atomic E-state index is 12.6. The molecule has 1 fully saturated rings. The lowest BCUT2D eigenvalue weighted by atomic mass is 10.1. The van der Waals surface area contributed by atoms with E-state index >= 15 is 0 Å². The Morgan fingerprint density at radius 2 is 2.05 bits per heavy atom. The van der Waals surface area contributed by atoms with Crippen LogP contribution in [0.3, 0.4) is 0 Å². The molecule has 0 spiro atoms. The monoisotopic (exact) mass is 284 g/mol. The van der Waals surface area contributed by atoms with Crippen molar-refractivity contribution < 1.29 is 8.42 Å². The second-order valence-corrected chi connectivity index (χ2v) is 7.13. The minimum Gasteiger partial charge on any atom is -0.317 e. The average molecular weight is 284 g/mol. The van der Waals surface area contributed by atoms with Gasteiger partial charge in [0.1, 0.15) is 5.25 Å². The van der Waals surface area contributed by atoms with Crippen molar-refractivity contribution in [2.45, 2.75) is 31.1 Å². The molecule has 1 aromatic rings. The molecule has 6 nitrogen and oxygen atoms in total. The zero-order valence-corrected chi connectivity index (χ0v) is 12.1. The van der Waals surface area contributed by atoms with Gasteiger partial charge in [-0.3, -0.25) is 9.97 Å². The first-order chi connectivity index (χ1) is 9.03. The van der Waals surface area contributed by atoms with Crippen LogP contribution in [0.2, 0.25) is 0 Å². The van der Waals surface area contributed by atoms with Crippen LogP contribution in [0.15, 0.2) is 18.6 Å². The zero-order chi connectivity index (χ0) is 13.9. The van der Waals surface area contributed by atoms with E-state index in [1.807, 2.05) is 0 Å². The second-order valence-electron chi connectivity index (χ2n) is 4.81. The Bertz CT molecular complexity index is 500. The minimum absolute atomic E-state index is 0.0744. The van der Waals surface area contributed by atoms with Crippen LogP contribution in [0.1, 0.15) is 30.7 Å². The normalized spacial score (nSPS) is 19.5. The SMILES string of the molecule is CC(c1cnccn1)S(=O)(=O)N(C)C1CCNCC1. The Hall–Kier alpha value is -1.05. The number of sulfonamides is 1. The highest BCUT2D eigenvalue weighted by Gasteiger charge is 2.33. The standard InChI is InChI=1S/C12H20N4O2S/c1-10(12-9-14-7-8-15-12)19(17,18)16(2)11-3-5-13-6-4-11/h7-11,13H,3-6H2,1-2H3. The van der Waals surface area contributed by atoms with Gasteiger partial charge >= 0.3 is 0 Å². The van der Waals surface area contributed by atoms with E-state index in [0.717, 1.165) is 25.9 Å². The Kier molecular flexibility index (Phi) is 4.49. The van der Waals surface area contributed by atoms with Crippen molar-refractivity contribution >= 4 is 10.0 Å². The first-order valence-electron chi connectivity index (χ1n) is 6.47.